The van der Waals surface area contributed by atoms with Crippen molar-refractivity contribution in [2.24, 2.45) is 5.92 Å². The summed E-state index contributed by atoms with van der Waals surface area (Å²) in [5.74, 6) is 0.807. The highest BCUT2D eigenvalue weighted by Crippen LogP contribution is 2.19. The molecule has 1 aliphatic rings. The zero-order valence-electron chi connectivity index (χ0n) is 16.5. The predicted molar refractivity (Wildman–Crippen MR) is 109 cm³/mol. The van der Waals surface area contributed by atoms with Crippen molar-refractivity contribution >= 4 is 5.91 Å². The first-order chi connectivity index (χ1) is 13.6. The van der Waals surface area contributed by atoms with Gasteiger partial charge in [0, 0.05) is 12.5 Å². The maximum atomic E-state index is 13.0. The van der Waals surface area contributed by atoms with Gasteiger partial charge >= 0.3 is 0 Å². The van der Waals surface area contributed by atoms with Crippen molar-refractivity contribution in [3.63, 3.8) is 0 Å². The molecular weight excluding hydrogens is 355 g/mol. The van der Waals surface area contributed by atoms with E-state index in [1.165, 1.54) is 17.7 Å². The average Bonchev–Trinajstić information content (AvgIpc) is 2.73. The van der Waals surface area contributed by atoms with Gasteiger partial charge in [-0.1, -0.05) is 31.2 Å². The van der Waals surface area contributed by atoms with Crippen LogP contribution in [0.15, 0.2) is 48.5 Å². The number of halogens is 1. The number of likely N-dealkylation sites (tertiary alicyclic amines) is 1. The van der Waals surface area contributed by atoms with Crippen molar-refractivity contribution in [2.75, 3.05) is 26.2 Å². The lowest BCUT2D eigenvalue weighted by molar-refractivity contribution is -0.126. The Kier molecular flexibility index (Phi) is 7.43. The minimum atomic E-state index is -0.207. The third-order valence-corrected chi connectivity index (χ3v) is 5.28. The Labute approximate surface area is 166 Å². The number of amides is 1. The third-order valence-electron chi connectivity index (χ3n) is 5.28. The lowest BCUT2D eigenvalue weighted by atomic mass is 9.95. The molecule has 1 aliphatic heterocycles. The number of carbonyl (C=O) groups excluding carboxylic acids is 1. The molecule has 150 valence electrons. The van der Waals surface area contributed by atoms with E-state index in [4.69, 9.17) is 4.74 Å². The van der Waals surface area contributed by atoms with Crippen molar-refractivity contribution < 1.29 is 13.9 Å². The smallest absolute Gasteiger partial charge is 0.223 e. The number of nitrogens with one attached hydrogen (secondary N) is 1. The van der Waals surface area contributed by atoms with Crippen LogP contribution in [0, 0.1) is 11.7 Å². The Morgan fingerprint density at radius 3 is 2.36 bits per heavy atom. The molecule has 3 rings (SSSR count). The van der Waals surface area contributed by atoms with E-state index < -0.39 is 0 Å². The molecular formula is C23H29FN2O2. The van der Waals surface area contributed by atoms with Gasteiger partial charge in [0.15, 0.2) is 0 Å². The van der Waals surface area contributed by atoms with E-state index in [-0.39, 0.29) is 17.6 Å². The van der Waals surface area contributed by atoms with E-state index in [9.17, 15) is 9.18 Å². The van der Waals surface area contributed by atoms with Gasteiger partial charge in [0.05, 0.1) is 6.54 Å². The topological polar surface area (TPSA) is 41.6 Å². The number of carbonyl (C=O) groups is 1. The summed E-state index contributed by atoms with van der Waals surface area (Å²) in [6.07, 6.45) is 2.72. The molecule has 0 saturated carbocycles. The Morgan fingerprint density at radius 2 is 1.71 bits per heavy atom. The molecule has 2 aromatic carbocycles. The quantitative estimate of drug-likeness (QED) is 0.704. The summed E-state index contributed by atoms with van der Waals surface area (Å²) in [6, 6.07) is 14.7. The molecule has 0 aliphatic carbocycles. The normalized spacial score (nSPS) is 15.4. The van der Waals surface area contributed by atoms with E-state index in [1.54, 1.807) is 0 Å². The van der Waals surface area contributed by atoms with Gasteiger partial charge in [-0.15, -0.1) is 0 Å². The number of rotatable bonds is 8. The summed E-state index contributed by atoms with van der Waals surface area (Å²) in [4.78, 5) is 14.7. The summed E-state index contributed by atoms with van der Waals surface area (Å²) in [7, 11) is 0. The summed E-state index contributed by atoms with van der Waals surface area (Å²) in [6.45, 7) is 5.69. The Bertz CT molecular complexity index is 738. The van der Waals surface area contributed by atoms with Crippen LogP contribution in [0.4, 0.5) is 4.39 Å². The minimum Gasteiger partial charge on any atom is -0.492 e. The Balaban J connectivity index is 1.32. The SMILES string of the molecule is CCc1ccc(OCCNC(=O)C2CCN(Cc3ccc(F)cc3)CC2)cc1. The standard InChI is InChI=1S/C23H29FN2O2/c1-2-18-5-9-22(10-6-18)28-16-13-25-23(27)20-11-14-26(15-12-20)17-19-3-7-21(24)8-4-19/h3-10,20H,2,11-17H2,1H3,(H,25,27). The zero-order chi connectivity index (χ0) is 19.8. The van der Waals surface area contributed by atoms with Gasteiger partial charge in [0.25, 0.3) is 0 Å². The maximum absolute atomic E-state index is 13.0. The number of hydrogen-bond donors (Lipinski definition) is 1. The van der Waals surface area contributed by atoms with Gasteiger partial charge < -0.3 is 10.1 Å². The second-order valence-electron chi connectivity index (χ2n) is 7.31. The Morgan fingerprint density at radius 1 is 1.07 bits per heavy atom. The van der Waals surface area contributed by atoms with Crippen molar-refractivity contribution in [1.82, 2.24) is 10.2 Å². The fourth-order valence-electron chi connectivity index (χ4n) is 3.51. The van der Waals surface area contributed by atoms with Gasteiger partial charge in [0.1, 0.15) is 18.2 Å². The lowest BCUT2D eigenvalue weighted by Gasteiger charge is -2.31. The number of aryl methyl sites for hydroxylation is 1. The van der Waals surface area contributed by atoms with Crippen LogP contribution in [-0.2, 0) is 17.8 Å². The van der Waals surface area contributed by atoms with Gasteiger partial charge in [-0.3, -0.25) is 9.69 Å². The molecule has 0 atom stereocenters. The van der Waals surface area contributed by atoms with Crippen LogP contribution in [0.5, 0.6) is 5.75 Å². The fourth-order valence-corrected chi connectivity index (χ4v) is 3.51. The van der Waals surface area contributed by atoms with Crippen molar-refractivity contribution in [2.45, 2.75) is 32.7 Å². The van der Waals surface area contributed by atoms with Gasteiger partial charge in [-0.2, -0.15) is 0 Å². The van der Waals surface area contributed by atoms with E-state index in [0.29, 0.717) is 13.2 Å². The van der Waals surface area contributed by atoms with Gasteiger partial charge in [0.2, 0.25) is 5.91 Å². The van der Waals surface area contributed by atoms with Crippen molar-refractivity contribution in [3.8, 4) is 5.75 Å². The molecule has 2 aromatic rings. The van der Waals surface area contributed by atoms with Crippen LogP contribution in [0.25, 0.3) is 0 Å². The van der Waals surface area contributed by atoms with Crippen LogP contribution in [0.1, 0.15) is 30.9 Å². The van der Waals surface area contributed by atoms with Crippen molar-refractivity contribution in [1.29, 1.82) is 0 Å². The molecule has 0 radical (unpaired) electrons. The van der Waals surface area contributed by atoms with Crippen LogP contribution in [0.2, 0.25) is 0 Å². The molecule has 5 heteroatoms. The molecule has 0 spiro atoms. The molecule has 1 N–H and O–H groups in total. The first kappa shape index (κ1) is 20.3. The highest BCUT2D eigenvalue weighted by molar-refractivity contribution is 5.78. The molecule has 1 saturated heterocycles. The summed E-state index contributed by atoms with van der Waals surface area (Å²) < 4.78 is 18.7. The van der Waals surface area contributed by atoms with Gasteiger partial charge in [-0.05, 0) is 67.7 Å². The molecule has 1 heterocycles. The highest BCUT2D eigenvalue weighted by atomic mass is 19.1. The lowest BCUT2D eigenvalue weighted by Crippen LogP contribution is -2.41. The molecule has 0 aromatic heterocycles. The number of nitrogens with zero attached hydrogens (tertiary/aromatic N) is 1. The molecule has 0 unspecified atom stereocenters. The highest BCUT2D eigenvalue weighted by Gasteiger charge is 2.24. The minimum absolute atomic E-state index is 0.0632. The predicted octanol–water partition coefficient (Wildman–Crippen LogP) is 3.80. The van der Waals surface area contributed by atoms with Crippen LogP contribution in [-0.4, -0.2) is 37.0 Å². The largest absolute Gasteiger partial charge is 0.492 e. The molecule has 0 bridgehead atoms. The summed E-state index contributed by atoms with van der Waals surface area (Å²) in [5, 5.41) is 2.99. The van der Waals surface area contributed by atoms with E-state index >= 15 is 0 Å². The van der Waals surface area contributed by atoms with Crippen molar-refractivity contribution in [3.05, 3.63) is 65.5 Å². The number of hydrogen-bond acceptors (Lipinski definition) is 3. The number of ether oxygens (including phenoxy) is 1. The fraction of sp³-hybridized carbons (Fsp3) is 0.435. The molecule has 1 fully saturated rings. The average molecular weight is 384 g/mol. The molecule has 4 nitrogen and oxygen atoms in total. The van der Waals surface area contributed by atoms with Crippen LogP contribution < -0.4 is 10.1 Å². The second kappa shape index (κ2) is 10.2. The molecule has 1 amide bonds. The second-order valence-corrected chi connectivity index (χ2v) is 7.31. The summed E-state index contributed by atoms with van der Waals surface area (Å²) in [5.41, 5.74) is 2.39. The van der Waals surface area contributed by atoms with E-state index in [1.807, 2.05) is 24.3 Å². The number of piperidine rings is 1. The first-order valence-electron chi connectivity index (χ1n) is 10.1. The van der Waals surface area contributed by atoms with Crippen LogP contribution >= 0.6 is 0 Å². The van der Waals surface area contributed by atoms with E-state index in [2.05, 4.69) is 29.3 Å². The third kappa shape index (κ3) is 6.06. The molecule has 28 heavy (non-hydrogen) atoms. The maximum Gasteiger partial charge on any atom is 0.223 e. The summed E-state index contributed by atoms with van der Waals surface area (Å²) >= 11 is 0. The van der Waals surface area contributed by atoms with Gasteiger partial charge in [-0.25, -0.2) is 4.39 Å². The van der Waals surface area contributed by atoms with E-state index in [0.717, 1.165) is 50.2 Å². The zero-order valence-corrected chi connectivity index (χ0v) is 16.5. The first-order valence-corrected chi connectivity index (χ1v) is 10.1. The monoisotopic (exact) mass is 384 g/mol. The van der Waals surface area contributed by atoms with Crippen LogP contribution in [0.3, 0.4) is 0 Å². The number of benzene rings is 2. The Hall–Kier alpha value is -2.40.